The van der Waals surface area contributed by atoms with Gasteiger partial charge >= 0.3 is 12.4 Å². The Morgan fingerprint density at radius 3 is 2.55 bits per heavy atom. The van der Waals surface area contributed by atoms with Crippen molar-refractivity contribution in [2.24, 2.45) is 0 Å². The van der Waals surface area contributed by atoms with Crippen molar-refractivity contribution in [3.63, 3.8) is 0 Å². The van der Waals surface area contributed by atoms with Crippen LogP contribution < -0.4 is 15.4 Å². The van der Waals surface area contributed by atoms with E-state index in [0.717, 1.165) is 37.6 Å². The third-order valence-corrected chi connectivity index (χ3v) is 4.60. The quantitative estimate of drug-likeness (QED) is 0.657. The summed E-state index contributed by atoms with van der Waals surface area (Å²) in [6.07, 6.45) is -0.429. The maximum atomic E-state index is 12.5. The zero-order valence-electron chi connectivity index (χ0n) is 16.6. The first-order valence-corrected chi connectivity index (χ1v) is 9.76. The number of para-hydroxylation sites is 1. The van der Waals surface area contributed by atoms with Crippen molar-refractivity contribution < 1.29 is 27.5 Å². The molecule has 0 aliphatic carbocycles. The average Bonchev–Trinajstić information content (AvgIpc) is 3.26. The molecule has 2 N–H and O–H groups in total. The molecule has 1 aliphatic rings. The van der Waals surface area contributed by atoms with Gasteiger partial charge in [0, 0.05) is 37.0 Å². The molecule has 1 aliphatic heterocycles. The SMILES string of the molecule is O=C(/C=C/c1ccccc1OC(F)(F)F)NCc1cccc(NC(=O)N2CCCC2)c1. The van der Waals surface area contributed by atoms with Crippen molar-refractivity contribution in [1.29, 1.82) is 0 Å². The van der Waals surface area contributed by atoms with Gasteiger partial charge in [-0.2, -0.15) is 0 Å². The van der Waals surface area contributed by atoms with Gasteiger partial charge in [0.05, 0.1) is 0 Å². The molecule has 6 nitrogen and oxygen atoms in total. The summed E-state index contributed by atoms with van der Waals surface area (Å²) in [4.78, 5) is 26.0. The van der Waals surface area contributed by atoms with Crippen molar-refractivity contribution in [1.82, 2.24) is 10.2 Å². The van der Waals surface area contributed by atoms with Gasteiger partial charge in [0.25, 0.3) is 0 Å². The van der Waals surface area contributed by atoms with Crippen LogP contribution in [0.15, 0.2) is 54.6 Å². The molecule has 0 aromatic heterocycles. The monoisotopic (exact) mass is 433 g/mol. The van der Waals surface area contributed by atoms with Crippen molar-refractivity contribution in [3.8, 4) is 5.75 Å². The maximum absolute atomic E-state index is 12.5. The van der Waals surface area contributed by atoms with E-state index in [4.69, 9.17) is 0 Å². The minimum Gasteiger partial charge on any atom is -0.405 e. The first-order chi connectivity index (χ1) is 14.8. The van der Waals surface area contributed by atoms with Gasteiger partial charge in [0.1, 0.15) is 5.75 Å². The number of likely N-dealkylation sites (tertiary alicyclic amines) is 1. The van der Waals surface area contributed by atoms with Gasteiger partial charge in [-0.25, -0.2) is 4.79 Å². The number of hydrogen-bond donors (Lipinski definition) is 2. The highest BCUT2D eigenvalue weighted by atomic mass is 19.4. The third kappa shape index (κ3) is 7.06. The van der Waals surface area contributed by atoms with E-state index in [1.54, 1.807) is 35.2 Å². The summed E-state index contributed by atoms with van der Waals surface area (Å²) in [5.41, 5.74) is 1.51. The number of benzene rings is 2. The Kier molecular flexibility index (Phi) is 7.17. The summed E-state index contributed by atoms with van der Waals surface area (Å²) in [5.74, 6) is -0.867. The molecule has 2 aromatic carbocycles. The van der Waals surface area contributed by atoms with Crippen LogP contribution in [-0.2, 0) is 11.3 Å². The molecule has 2 aromatic rings. The highest BCUT2D eigenvalue weighted by molar-refractivity contribution is 5.92. The average molecular weight is 433 g/mol. The van der Waals surface area contributed by atoms with E-state index in [9.17, 15) is 22.8 Å². The van der Waals surface area contributed by atoms with Gasteiger partial charge in [0.2, 0.25) is 5.91 Å². The number of carbonyl (C=O) groups is 2. The van der Waals surface area contributed by atoms with Crippen LogP contribution in [0.5, 0.6) is 5.75 Å². The molecule has 164 valence electrons. The number of alkyl halides is 3. The second-order valence-electron chi connectivity index (χ2n) is 6.96. The Hall–Kier alpha value is -3.49. The third-order valence-electron chi connectivity index (χ3n) is 4.60. The number of nitrogens with one attached hydrogen (secondary N) is 2. The predicted molar refractivity (Wildman–Crippen MR) is 110 cm³/mol. The van der Waals surface area contributed by atoms with E-state index in [0.29, 0.717) is 5.69 Å². The molecule has 0 spiro atoms. The Morgan fingerprint density at radius 1 is 1.06 bits per heavy atom. The number of amides is 3. The molecule has 0 atom stereocenters. The first kappa shape index (κ1) is 22.2. The van der Waals surface area contributed by atoms with Gasteiger partial charge in [-0.3, -0.25) is 4.79 Å². The van der Waals surface area contributed by atoms with E-state index in [1.807, 2.05) is 0 Å². The zero-order chi connectivity index (χ0) is 22.3. The Balaban J connectivity index is 1.55. The normalized spacial score (nSPS) is 14.0. The summed E-state index contributed by atoms with van der Waals surface area (Å²) in [5, 5.41) is 5.50. The Labute approximate surface area is 177 Å². The van der Waals surface area contributed by atoms with Gasteiger partial charge < -0.3 is 20.3 Å². The standard InChI is InChI=1S/C22H22F3N3O3/c23-22(24,25)31-19-9-2-1-7-17(19)10-11-20(29)26-15-16-6-5-8-18(14-16)27-21(30)28-12-3-4-13-28/h1-2,5-11,14H,3-4,12-13,15H2,(H,26,29)(H,27,30)/b11-10+. The summed E-state index contributed by atoms with van der Waals surface area (Å²) >= 11 is 0. The van der Waals surface area contributed by atoms with Gasteiger partial charge in [-0.05, 0) is 42.7 Å². The Bertz CT molecular complexity index is 954. The molecule has 1 heterocycles. The van der Waals surface area contributed by atoms with Crippen molar-refractivity contribution in [2.75, 3.05) is 18.4 Å². The summed E-state index contributed by atoms with van der Waals surface area (Å²) < 4.78 is 41.4. The first-order valence-electron chi connectivity index (χ1n) is 9.76. The minimum atomic E-state index is -4.82. The Morgan fingerprint density at radius 2 is 1.81 bits per heavy atom. The van der Waals surface area contributed by atoms with E-state index in [2.05, 4.69) is 15.4 Å². The lowest BCUT2D eigenvalue weighted by atomic mass is 10.2. The fourth-order valence-corrected chi connectivity index (χ4v) is 3.13. The molecule has 3 rings (SSSR count). The molecule has 31 heavy (non-hydrogen) atoms. The fraction of sp³-hybridized carbons (Fsp3) is 0.273. The van der Waals surface area contributed by atoms with E-state index in [1.165, 1.54) is 24.3 Å². The number of urea groups is 1. The van der Waals surface area contributed by atoms with Crippen molar-refractivity contribution in [3.05, 3.63) is 65.7 Å². The van der Waals surface area contributed by atoms with Gasteiger partial charge in [0.15, 0.2) is 0 Å². The van der Waals surface area contributed by atoms with Crippen LogP contribution in [-0.4, -0.2) is 36.3 Å². The molecule has 3 amide bonds. The van der Waals surface area contributed by atoms with Crippen LogP contribution in [0.2, 0.25) is 0 Å². The predicted octanol–water partition coefficient (Wildman–Crippen LogP) is 4.54. The maximum Gasteiger partial charge on any atom is 0.573 e. The van der Waals surface area contributed by atoms with Crippen LogP contribution in [0.4, 0.5) is 23.7 Å². The highest BCUT2D eigenvalue weighted by Gasteiger charge is 2.31. The number of hydrogen-bond acceptors (Lipinski definition) is 3. The number of anilines is 1. The molecule has 9 heteroatoms. The summed E-state index contributed by atoms with van der Waals surface area (Å²) in [7, 11) is 0. The molecule has 0 saturated carbocycles. The van der Waals surface area contributed by atoms with Crippen LogP contribution >= 0.6 is 0 Å². The largest absolute Gasteiger partial charge is 0.573 e. The lowest BCUT2D eigenvalue weighted by Crippen LogP contribution is -2.32. The van der Waals surface area contributed by atoms with E-state index < -0.39 is 12.3 Å². The second kappa shape index (κ2) is 10.0. The number of rotatable bonds is 6. The molecule has 0 bridgehead atoms. The molecule has 0 radical (unpaired) electrons. The van der Waals surface area contributed by atoms with Crippen molar-refractivity contribution in [2.45, 2.75) is 25.7 Å². The molecular formula is C22H22F3N3O3. The summed E-state index contributed by atoms with van der Waals surface area (Å²) in [6, 6.07) is 12.5. The lowest BCUT2D eigenvalue weighted by Gasteiger charge is -2.16. The smallest absolute Gasteiger partial charge is 0.405 e. The molecule has 1 saturated heterocycles. The number of halogens is 3. The fourth-order valence-electron chi connectivity index (χ4n) is 3.13. The summed E-state index contributed by atoms with van der Waals surface area (Å²) in [6.45, 7) is 1.67. The lowest BCUT2D eigenvalue weighted by molar-refractivity contribution is -0.274. The van der Waals surface area contributed by atoms with Crippen LogP contribution in [0.3, 0.4) is 0 Å². The van der Waals surface area contributed by atoms with Crippen LogP contribution in [0, 0.1) is 0 Å². The number of carbonyl (C=O) groups excluding carboxylic acids is 2. The molecule has 0 unspecified atom stereocenters. The van der Waals surface area contributed by atoms with Crippen LogP contribution in [0.25, 0.3) is 6.08 Å². The van der Waals surface area contributed by atoms with Gasteiger partial charge in [-0.1, -0.05) is 30.3 Å². The van der Waals surface area contributed by atoms with E-state index >= 15 is 0 Å². The van der Waals surface area contributed by atoms with E-state index in [-0.39, 0.29) is 23.9 Å². The number of ether oxygens (including phenoxy) is 1. The minimum absolute atomic E-state index is 0.126. The second-order valence-corrected chi connectivity index (χ2v) is 6.96. The number of nitrogens with zero attached hydrogens (tertiary/aromatic N) is 1. The molecule has 1 fully saturated rings. The van der Waals surface area contributed by atoms with Gasteiger partial charge in [-0.15, -0.1) is 13.2 Å². The molecular weight excluding hydrogens is 411 g/mol. The van der Waals surface area contributed by atoms with Crippen molar-refractivity contribution >= 4 is 23.7 Å². The zero-order valence-corrected chi connectivity index (χ0v) is 16.6. The van der Waals surface area contributed by atoms with Crippen LogP contribution in [0.1, 0.15) is 24.0 Å². The topological polar surface area (TPSA) is 70.7 Å². The highest BCUT2D eigenvalue weighted by Crippen LogP contribution is 2.27.